The van der Waals surface area contributed by atoms with Gasteiger partial charge in [0.25, 0.3) is 5.91 Å². The molecule has 2 N–H and O–H groups in total. The van der Waals surface area contributed by atoms with Gasteiger partial charge in [0.1, 0.15) is 11.6 Å². The second-order valence-corrected chi connectivity index (χ2v) is 5.80. The highest BCUT2D eigenvalue weighted by molar-refractivity contribution is 6.07. The molecule has 0 spiro atoms. The number of nitriles is 1. The topological polar surface area (TPSA) is 83.4 Å². The van der Waals surface area contributed by atoms with Crippen molar-refractivity contribution in [1.29, 1.82) is 5.26 Å². The first-order valence-electron chi connectivity index (χ1n) is 8.28. The maximum absolute atomic E-state index is 12.5. The Labute approximate surface area is 152 Å². The van der Waals surface area contributed by atoms with Crippen LogP contribution in [-0.2, 0) is 11.2 Å². The molecular formula is C20H19N3O3. The highest BCUT2D eigenvalue weighted by Crippen LogP contribution is 2.34. The van der Waals surface area contributed by atoms with E-state index in [2.05, 4.69) is 10.6 Å². The number of ether oxygens (including phenoxy) is 2. The quantitative estimate of drug-likeness (QED) is 0.634. The van der Waals surface area contributed by atoms with Crippen LogP contribution < -0.4 is 20.1 Å². The second-order valence-electron chi connectivity index (χ2n) is 5.80. The minimum Gasteiger partial charge on any atom is -0.454 e. The molecule has 1 amide bonds. The zero-order chi connectivity index (χ0) is 18.5. The summed E-state index contributed by atoms with van der Waals surface area (Å²) in [5, 5.41) is 15.1. The van der Waals surface area contributed by atoms with E-state index in [1.54, 1.807) is 18.2 Å². The monoisotopic (exact) mass is 349 g/mol. The lowest BCUT2D eigenvalue weighted by molar-refractivity contribution is -0.112. The molecule has 132 valence electrons. The van der Waals surface area contributed by atoms with Gasteiger partial charge in [0.05, 0.1) is 0 Å². The van der Waals surface area contributed by atoms with Crippen molar-refractivity contribution in [3.8, 4) is 17.6 Å². The van der Waals surface area contributed by atoms with Gasteiger partial charge in [0.2, 0.25) is 6.79 Å². The summed E-state index contributed by atoms with van der Waals surface area (Å²) in [6, 6.07) is 13.1. The molecule has 0 saturated heterocycles. The van der Waals surface area contributed by atoms with Crippen molar-refractivity contribution in [2.24, 2.45) is 0 Å². The van der Waals surface area contributed by atoms with Crippen LogP contribution in [0.3, 0.4) is 0 Å². The number of nitrogens with one attached hydrogen (secondary N) is 2. The molecule has 1 aliphatic heterocycles. The summed E-state index contributed by atoms with van der Waals surface area (Å²) in [4.78, 5) is 12.5. The number of amides is 1. The molecule has 0 atom stereocenters. The molecule has 1 heterocycles. The van der Waals surface area contributed by atoms with Crippen LogP contribution in [0.2, 0.25) is 0 Å². The van der Waals surface area contributed by atoms with E-state index in [-0.39, 0.29) is 12.4 Å². The van der Waals surface area contributed by atoms with Crippen molar-refractivity contribution >= 4 is 17.3 Å². The van der Waals surface area contributed by atoms with Crippen LogP contribution in [0.1, 0.15) is 18.1 Å². The van der Waals surface area contributed by atoms with Gasteiger partial charge in [-0.25, -0.2) is 0 Å². The van der Waals surface area contributed by atoms with Gasteiger partial charge in [-0.05, 0) is 36.6 Å². The van der Waals surface area contributed by atoms with Gasteiger partial charge in [0.15, 0.2) is 11.5 Å². The smallest absolute Gasteiger partial charge is 0.267 e. The summed E-state index contributed by atoms with van der Waals surface area (Å²) >= 11 is 0. The second kappa shape index (κ2) is 7.62. The lowest BCUT2D eigenvalue weighted by Gasteiger charge is -2.12. The van der Waals surface area contributed by atoms with Crippen LogP contribution in [0.25, 0.3) is 0 Å². The number of anilines is 2. The average molecular weight is 349 g/mol. The van der Waals surface area contributed by atoms with Gasteiger partial charge in [-0.2, -0.15) is 5.26 Å². The molecule has 6 heteroatoms. The molecule has 2 aromatic rings. The summed E-state index contributed by atoms with van der Waals surface area (Å²) in [6.45, 7) is 4.14. The zero-order valence-corrected chi connectivity index (χ0v) is 14.6. The Morgan fingerprint density at radius 2 is 2.08 bits per heavy atom. The lowest BCUT2D eigenvalue weighted by atomic mass is 10.1. The van der Waals surface area contributed by atoms with Crippen LogP contribution in [0, 0.1) is 18.3 Å². The number of rotatable bonds is 5. The normalized spacial score (nSPS) is 12.4. The summed E-state index contributed by atoms with van der Waals surface area (Å²) in [7, 11) is 0. The number of para-hydroxylation sites is 1. The van der Waals surface area contributed by atoms with Crippen molar-refractivity contribution < 1.29 is 14.3 Å². The fourth-order valence-electron chi connectivity index (χ4n) is 2.67. The Morgan fingerprint density at radius 3 is 2.85 bits per heavy atom. The highest BCUT2D eigenvalue weighted by Gasteiger charge is 2.15. The molecule has 0 bridgehead atoms. The molecule has 0 radical (unpaired) electrons. The van der Waals surface area contributed by atoms with E-state index in [1.807, 2.05) is 38.1 Å². The maximum Gasteiger partial charge on any atom is 0.267 e. The van der Waals surface area contributed by atoms with Gasteiger partial charge in [-0.15, -0.1) is 0 Å². The fourth-order valence-corrected chi connectivity index (χ4v) is 2.67. The van der Waals surface area contributed by atoms with Crippen LogP contribution >= 0.6 is 0 Å². The van der Waals surface area contributed by atoms with Gasteiger partial charge < -0.3 is 20.1 Å². The van der Waals surface area contributed by atoms with Crippen molar-refractivity contribution in [2.45, 2.75) is 20.3 Å². The van der Waals surface area contributed by atoms with E-state index >= 15 is 0 Å². The number of aryl methyl sites for hydroxylation is 2. The van der Waals surface area contributed by atoms with E-state index < -0.39 is 5.91 Å². The molecule has 0 aliphatic carbocycles. The number of carbonyl (C=O) groups is 1. The predicted molar refractivity (Wildman–Crippen MR) is 99.1 cm³/mol. The Bertz CT molecular complexity index is 913. The number of benzene rings is 2. The lowest BCUT2D eigenvalue weighted by Crippen LogP contribution is -2.16. The summed E-state index contributed by atoms with van der Waals surface area (Å²) in [5.41, 5.74) is 3.41. The number of hydrogen-bond acceptors (Lipinski definition) is 5. The van der Waals surface area contributed by atoms with E-state index in [9.17, 15) is 10.1 Å². The van der Waals surface area contributed by atoms with E-state index in [1.165, 1.54) is 6.20 Å². The molecule has 6 nitrogen and oxygen atoms in total. The third kappa shape index (κ3) is 3.62. The Balaban J connectivity index is 1.75. The average Bonchev–Trinajstić information content (AvgIpc) is 3.11. The van der Waals surface area contributed by atoms with Crippen LogP contribution in [-0.4, -0.2) is 12.7 Å². The summed E-state index contributed by atoms with van der Waals surface area (Å²) < 4.78 is 10.6. The minimum atomic E-state index is -0.454. The molecule has 0 aromatic heterocycles. The van der Waals surface area contributed by atoms with Crippen molar-refractivity contribution in [3.63, 3.8) is 0 Å². The Kier molecular flexibility index (Phi) is 5.09. The van der Waals surface area contributed by atoms with Gasteiger partial charge in [-0.3, -0.25) is 4.79 Å². The molecule has 0 fully saturated rings. The summed E-state index contributed by atoms with van der Waals surface area (Å²) in [6.07, 6.45) is 2.18. The number of carbonyl (C=O) groups excluding carboxylic acids is 1. The number of hydrogen-bond donors (Lipinski definition) is 2. The fraction of sp³-hybridized carbons (Fsp3) is 0.200. The molecule has 2 aromatic carbocycles. The van der Waals surface area contributed by atoms with Crippen molar-refractivity contribution in [1.82, 2.24) is 0 Å². The third-order valence-corrected chi connectivity index (χ3v) is 4.10. The molecule has 0 unspecified atom stereocenters. The first kappa shape index (κ1) is 17.4. The first-order chi connectivity index (χ1) is 12.6. The third-order valence-electron chi connectivity index (χ3n) is 4.10. The number of nitrogens with zero attached hydrogens (tertiary/aromatic N) is 1. The van der Waals surface area contributed by atoms with Gasteiger partial charge in [0, 0.05) is 23.6 Å². The minimum absolute atomic E-state index is 0.0204. The van der Waals surface area contributed by atoms with Crippen molar-refractivity contribution in [2.75, 3.05) is 17.4 Å². The Hall–Kier alpha value is -3.46. The highest BCUT2D eigenvalue weighted by atomic mass is 16.7. The molecule has 3 rings (SSSR count). The van der Waals surface area contributed by atoms with E-state index in [4.69, 9.17) is 9.47 Å². The molecule has 1 aliphatic rings. The van der Waals surface area contributed by atoms with E-state index in [0.717, 1.165) is 23.2 Å². The Morgan fingerprint density at radius 1 is 1.27 bits per heavy atom. The molecule has 0 saturated carbocycles. The van der Waals surface area contributed by atoms with Crippen molar-refractivity contribution in [3.05, 3.63) is 59.3 Å². The largest absolute Gasteiger partial charge is 0.454 e. The number of fused-ring (bicyclic) bond motifs is 1. The van der Waals surface area contributed by atoms with Gasteiger partial charge in [-0.1, -0.05) is 25.1 Å². The van der Waals surface area contributed by atoms with Gasteiger partial charge >= 0.3 is 0 Å². The maximum atomic E-state index is 12.5. The summed E-state index contributed by atoms with van der Waals surface area (Å²) in [5.74, 6) is 0.841. The molecule has 26 heavy (non-hydrogen) atoms. The van der Waals surface area contributed by atoms with Crippen LogP contribution in [0.4, 0.5) is 11.4 Å². The van der Waals surface area contributed by atoms with Crippen LogP contribution in [0.15, 0.2) is 48.2 Å². The standard InChI is InChI=1S/C20H19N3O3/c1-3-14-6-4-5-13(2)19(14)23-20(24)15(10-21)11-22-16-7-8-17-18(9-16)26-12-25-17/h4-9,11,22H,3,12H2,1-2H3,(H,23,24)/b15-11-. The van der Waals surface area contributed by atoms with Crippen LogP contribution in [0.5, 0.6) is 11.5 Å². The zero-order valence-electron chi connectivity index (χ0n) is 14.6. The first-order valence-corrected chi connectivity index (χ1v) is 8.28. The predicted octanol–water partition coefficient (Wildman–Crippen LogP) is 3.74. The SMILES string of the molecule is CCc1cccc(C)c1NC(=O)/C(C#N)=C\Nc1ccc2c(c1)OCO2. The molecular weight excluding hydrogens is 330 g/mol. The van der Waals surface area contributed by atoms with E-state index in [0.29, 0.717) is 17.2 Å².